The Morgan fingerprint density at radius 3 is 2.63 bits per heavy atom. The van der Waals surface area contributed by atoms with Crippen LogP contribution in [0.25, 0.3) is 11.1 Å². The van der Waals surface area contributed by atoms with Gasteiger partial charge in [-0.1, -0.05) is 48.5 Å². The Morgan fingerprint density at radius 2 is 1.89 bits per heavy atom. The first kappa shape index (κ1) is 13.3. The molecular weight excluding hydrogens is 236 g/mol. The van der Waals surface area contributed by atoms with Crippen molar-refractivity contribution >= 4 is 5.97 Å². The molecule has 0 aliphatic carbocycles. The van der Waals surface area contributed by atoms with Gasteiger partial charge in [-0.05, 0) is 42.0 Å². The van der Waals surface area contributed by atoms with Crippen molar-refractivity contribution in [3.63, 3.8) is 0 Å². The summed E-state index contributed by atoms with van der Waals surface area (Å²) >= 11 is 0. The molecule has 0 saturated carbocycles. The monoisotopic (exact) mass is 254 g/mol. The normalized spacial score (nSPS) is 10.4. The molecule has 98 valence electrons. The van der Waals surface area contributed by atoms with Gasteiger partial charge in [-0.15, -0.1) is 0 Å². The van der Waals surface area contributed by atoms with E-state index in [-0.39, 0.29) is 6.42 Å². The van der Waals surface area contributed by atoms with Crippen molar-refractivity contribution in [3.8, 4) is 11.1 Å². The first-order valence-corrected chi connectivity index (χ1v) is 6.53. The van der Waals surface area contributed by atoms with Crippen LogP contribution in [0.5, 0.6) is 0 Å². The predicted octanol–water partition coefficient (Wildman–Crippen LogP) is 4.07. The van der Waals surface area contributed by atoms with Crippen LogP contribution in [0.4, 0.5) is 0 Å². The Morgan fingerprint density at radius 1 is 1.11 bits per heavy atom. The zero-order chi connectivity index (χ0) is 13.7. The molecule has 19 heavy (non-hydrogen) atoms. The van der Waals surface area contributed by atoms with Crippen molar-refractivity contribution in [1.82, 2.24) is 0 Å². The average Bonchev–Trinajstić information content (AvgIpc) is 2.39. The van der Waals surface area contributed by atoms with E-state index in [0.717, 1.165) is 6.42 Å². The van der Waals surface area contributed by atoms with Crippen LogP contribution in [0.1, 0.15) is 24.0 Å². The van der Waals surface area contributed by atoms with Gasteiger partial charge in [-0.25, -0.2) is 0 Å². The van der Waals surface area contributed by atoms with Crippen molar-refractivity contribution < 1.29 is 9.90 Å². The summed E-state index contributed by atoms with van der Waals surface area (Å²) in [4.78, 5) is 10.5. The minimum atomic E-state index is -0.727. The van der Waals surface area contributed by atoms with Crippen LogP contribution in [0.15, 0.2) is 48.5 Å². The molecule has 0 heterocycles. The molecule has 2 nitrogen and oxygen atoms in total. The highest BCUT2D eigenvalue weighted by Gasteiger charge is 2.03. The molecule has 0 fully saturated rings. The molecule has 0 amide bonds. The zero-order valence-corrected chi connectivity index (χ0v) is 11.1. The summed E-state index contributed by atoms with van der Waals surface area (Å²) in [6, 6.07) is 16.7. The highest BCUT2D eigenvalue weighted by molar-refractivity contribution is 5.68. The van der Waals surface area contributed by atoms with E-state index in [1.165, 1.54) is 22.3 Å². The van der Waals surface area contributed by atoms with Crippen LogP contribution in [0.2, 0.25) is 0 Å². The Labute approximate surface area is 113 Å². The number of carboxylic acids is 1. The van der Waals surface area contributed by atoms with Gasteiger partial charge >= 0.3 is 5.97 Å². The summed E-state index contributed by atoms with van der Waals surface area (Å²) in [5.74, 6) is -0.727. The number of rotatable bonds is 5. The summed E-state index contributed by atoms with van der Waals surface area (Å²) in [7, 11) is 0. The number of aliphatic carboxylic acids is 1. The molecule has 1 N–H and O–H groups in total. The second-order valence-corrected chi connectivity index (χ2v) is 4.76. The topological polar surface area (TPSA) is 37.3 Å². The van der Waals surface area contributed by atoms with Gasteiger partial charge in [0.2, 0.25) is 0 Å². The van der Waals surface area contributed by atoms with Gasteiger partial charge in [0.1, 0.15) is 0 Å². The molecule has 2 aromatic rings. The fourth-order valence-electron chi connectivity index (χ4n) is 2.23. The molecular formula is C17H18O2. The molecule has 0 bridgehead atoms. The fourth-order valence-corrected chi connectivity index (χ4v) is 2.23. The average molecular weight is 254 g/mol. The maximum atomic E-state index is 10.5. The van der Waals surface area contributed by atoms with Crippen molar-refractivity contribution in [2.45, 2.75) is 26.2 Å². The molecule has 0 aliphatic rings. The maximum Gasteiger partial charge on any atom is 0.303 e. The van der Waals surface area contributed by atoms with Crippen LogP contribution in [-0.4, -0.2) is 11.1 Å². The van der Waals surface area contributed by atoms with Crippen molar-refractivity contribution in [2.24, 2.45) is 0 Å². The van der Waals surface area contributed by atoms with Crippen LogP contribution in [0, 0.1) is 6.92 Å². The van der Waals surface area contributed by atoms with Crippen molar-refractivity contribution in [3.05, 3.63) is 59.7 Å². The van der Waals surface area contributed by atoms with E-state index in [2.05, 4.69) is 37.3 Å². The highest BCUT2D eigenvalue weighted by atomic mass is 16.4. The Hall–Kier alpha value is -2.09. The highest BCUT2D eigenvalue weighted by Crippen LogP contribution is 2.24. The van der Waals surface area contributed by atoms with Crippen LogP contribution < -0.4 is 0 Å². The third kappa shape index (κ3) is 3.68. The van der Waals surface area contributed by atoms with E-state index in [9.17, 15) is 4.79 Å². The molecule has 0 radical (unpaired) electrons. The van der Waals surface area contributed by atoms with Crippen molar-refractivity contribution in [1.29, 1.82) is 0 Å². The van der Waals surface area contributed by atoms with E-state index < -0.39 is 5.97 Å². The lowest BCUT2D eigenvalue weighted by Crippen LogP contribution is -1.96. The van der Waals surface area contributed by atoms with Gasteiger partial charge in [0, 0.05) is 6.42 Å². The van der Waals surface area contributed by atoms with Crippen LogP contribution >= 0.6 is 0 Å². The third-order valence-corrected chi connectivity index (χ3v) is 3.24. The molecule has 0 saturated heterocycles. The Kier molecular flexibility index (Phi) is 4.35. The third-order valence-electron chi connectivity index (χ3n) is 3.24. The van der Waals surface area contributed by atoms with E-state index in [1.54, 1.807) is 0 Å². The number of aryl methyl sites for hydroxylation is 2. The number of carboxylic acid groups (broad SMARTS) is 1. The van der Waals surface area contributed by atoms with Gasteiger partial charge in [-0.3, -0.25) is 4.79 Å². The minimum Gasteiger partial charge on any atom is -0.481 e. The Bertz CT molecular complexity index is 573. The molecule has 0 unspecified atom stereocenters. The van der Waals surface area contributed by atoms with E-state index in [4.69, 9.17) is 5.11 Å². The predicted molar refractivity (Wildman–Crippen MR) is 77.2 cm³/mol. The van der Waals surface area contributed by atoms with E-state index >= 15 is 0 Å². The number of hydrogen-bond acceptors (Lipinski definition) is 1. The Balaban J connectivity index is 2.15. The minimum absolute atomic E-state index is 0.231. The lowest BCUT2D eigenvalue weighted by atomic mass is 9.97. The number of hydrogen-bond donors (Lipinski definition) is 1. The standard InChI is InChI=1S/C17H18O2/c1-13-6-2-3-10-16(13)15-9-4-7-14(12-15)8-5-11-17(18)19/h2-4,6-7,9-10,12H,5,8,11H2,1H3,(H,18,19). The van der Waals surface area contributed by atoms with Gasteiger partial charge < -0.3 is 5.11 Å². The molecule has 2 aromatic carbocycles. The lowest BCUT2D eigenvalue weighted by Gasteiger charge is -2.08. The SMILES string of the molecule is Cc1ccccc1-c1cccc(CCCC(=O)O)c1. The summed E-state index contributed by atoms with van der Waals surface area (Å²) in [6.07, 6.45) is 1.73. The molecule has 2 rings (SSSR count). The van der Waals surface area contributed by atoms with Gasteiger partial charge in [0.15, 0.2) is 0 Å². The summed E-state index contributed by atoms with van der Waals surface area (Å²) in [5.41, 5.74) is 4.89. The molecule has 0 spiro atoms. The molecule has 0 aromatic heterocycles. The van der Waals surface area contributed by atoms with Gasteiger partial charge in [-0.2, -0.15) is 0 Å². The first-order valence-electron chi connectivity index (χ1n) is 6.53. The molecule has 0 atom stereocenters. The second-order valence-electron chi connectivity index (χ2n) is 4.76. The second kappa shape index (κ2) is 6.19. The van der Waals surface area contributed by atoms with Gasteiger partial charge in [0.05, 0.1) is 0 Å². The summed E-state index contributed by atoms with van der Waals surface area (Å²) in [6.45, 7) is 2.10. The maximum absolute atomic E-state index is 10.5. The lowest BCUT2D eigenvalue weighted by molar-refractivity contribution is -0.137. The summed E-state index contributed by atoms with van der Waals surface area (Å²) in [5, 5.41) is 8.66. The smallest absolute Gasteiger partial charge is 0.303 e. The molecule has 2 heteroatoms. The van der Waals surface area contributed by atoms with Gasteiger partial charge in [0.25, 0.3) is 0 Å². The number of carbonyl (C=O) groups is 1. The largest absolute Gasteiger partial charge is 0.481 e. The fraction of sp³-hybridized carbons (Fsp3) is 0.235. The van der Waals surface area contributed by atoms with Crippen molar-refractivity contribution in [2.75, 3.05) is 0 Å². The first-order chi connectivity index (χ1) is 9.16. The summed E-state index contributed by atoms with van der Waals surface area (Å²) < 4.78 is 0. The van der Waals surface area contributed by atoms with E-state index in [0.29, 0.717) is 6.42 Å². The molecule has 0 aliphatic heterocycles. The van der Waals surface area contributed by atoms with Crippen LogP contribution in [-0.2, 0) is 11.2 Å². The van der Waals surface area contributed by atoms with Crippen LogP contribution in [0.3, 0.4) is 0 Å². The quantitative estimate of drug-likeness (QED) is 0.873. The zero-order valence-electron chi connectivity index (χ0n) is 11.1. The van der Waals surface area contributed by atoms with E-state index in [1.807, 2.05) is 18.2 Å². The number of benzene rings is 2.